The fraction of sp³-hybridized carbons (Fsp3) is 0.222. The van der Waals surface area contributed by atoms with Gasteiger partial charge in [-0.15, -0.1) is 0 Å². The van der Waals surface area contributed by atoms with Crippen LogP contribution in [0.5, 0.6) is 0 Å². The third-order valence-electron chi connectivity index (χ3n) is 4.07. The van der Waals surface area contributed by atoms with E-state index in [1.165, 1.54) is 27.7 Å². The summed E-state index contributed by atoms with van der Waals surface area (Å²) in [7, 11) is 2.14. The number of rotatable bonds is 4. The van der Waals surface area contributed by atoms with Crippen molar-refractivity contribution in [1.82, 2.24) is 9.88 Å². The van der Waals surface area contributed by atoms with Gasteiger partial charge in [0, 0.05) is 41.2 Å². The molecule has 108 valence electrons. The molecule has 0 saturated heterocycles. The van der Waals surface area contributed by atoms with Crippen molar-refractivity contribution in [2.45, 2.75) is 20.0 Å². The van der Waals surface area contributed by atoms with E-state index in [2.05, 4.69) is 82.2 Å². The standard InChI is InChI=1S/C18H19BrN2/c1-13-15-8-4-6-10-17(15)21(2)18(13)12-20-11-14-7-3-5-9-16(14)19/h3-10,20H,11-12H2,1-2H3. The third-order valence-corrected chi connectivity index (χ3v) is 4.85. The molecule has 0 amide bonds. The van der Waals surface area contributed by atoms with Crippen LogP contribution in [0.15, 0.2) is 53.0 Å². The Hall–Kier alpha value is -1.58. The summed E-state index contributed by atoms with van der Waals surface area (Å²) in [6.07, 6.45) is 0. The van der Waals surface area contributed by atoms with Gasteiger partial charge in [-0.1, -0.05) is 52.3 Å². The second-order valence-electron chi connectivity index (χ2n) is 5.34. The predicted molar refractivity (Wildman–Crippen MR) is 92.3 cm³/mol. The smallest absolute Gasteiger partial charge is 0.0483 e. The Morgan fingerprint density at radius 1 is 1.00 bits per heavy atom. The van der Waals surface area contributed by atoms with E-state index in [1.54, 1.807) is 0 Å². The summed E-state index contributed by atoms with van der Waals surface area (Å²) in [6.45, 7) is 3.94. The first kappa shape index (κ1) is 14.4. The van der Waals surface area contributed by atoms with Crippen LogP contribution in [-0.4, -0.2) is 4.57 Å². The Balaban J connectivity index is 1.78. The Labute approximate surface area is 133 Å². The number of benzene rings is 2. The minimum atomic E-state index is 0.863. The van der Waals surface area contributed by atoms with Crippen molar-refractivity contribution < 1.29 is 0 Å². The minimum absolute atomic E-state index is 0.863. The van der Waals surface area contributed by atoms with E-state index in [-0.39, 0.29) is 0 Å². The minimum Gasteiger partial charge on any atom is -0.346 e. The molecule has 0 radical (unpaired) electrons. The molecular formula is C18H19BrN2. The summed E-state index contributed by atoms with van der Waals surface area (Å²) >= 11 is 3.59. The molecule has 1 N–H and O–H groups in total. The van der Waals surface area contributed by atoms with Gasteiger partial charge in [-0.05, 0) is 30.2 Å². The van der Waals surface area contributed by atoms with Gasteiger partial charge in [-0.25, -0.2) is 0 Å². The summed E-state index contributed by atoms with van der Waals surface area (Å²) in [6, 6.07) is 16.9. The van der Waals surface area contributed by atoms with E-state index < -0.39 is 0 Å². The second-order valence-corrected chi connectivity index (χ2v) is 6.20. The van der Waals surface area contributed by atoms with Crippen LogP contribution in [0.1, 0.15) is 16.8 Å². The van der Waals surface area contributed by atoms with Crippen LogP contribution in [-0.2, 0) is 20.1 Å². The number of aromatic nitrogens is 1. The maximum Gasteiger partial charge on any atom is 0.0483 e. The highest BCUT2D eigenvalue weighted by molar-refractivity contribution is 9.10. The molecule has 1 heterocycles. The highest BCUT2D eigenvalue weighted by Crippen LogP contribution is 2.24. The van der Waals surface area contributed by atoms with E-state index in [1.807, 2.05) is 6.07 Å². The summed E-state index contributed by atoms with van der Waals surface area (Å²) < 4.78 is 3.45. The van der Waals surface area contributed by atoms with Crippen LogP contribution in [0.25, 0.3) is 10.9 Å². The van der Waals surface area contributed by atoms with Crippen LogP contribution in [0, 0.1) is 6.92 Å². The number of halogens is 1. The molecule has 0 aliphatic heterocycles. The van der Waals surface area contributed by atoms with Gasteiger partial charge in [0.15, 0.2) is 0 Å². The average molecular weight is 343 g/mol. The molecule has 3 rings (SSSR count). The number of fused-ring (bicyclic) bond motifs is 1. The molecule has 0 bridgehead atoms. The van der Waals surface area contributed by atoms with Crippen LogP contribution < -0.4 is 5.32 Å². The first-order valence-electron chi connectivity index (χ1n) is 7.15. The Morgan fingerprint density at radius 3 is 2.48 bits per heavy atom. The van der Waals surface area contributed by atoms with Crippen molar-refractivity contribution in [3.63, 3.8) is 0 Å². The molecular weight excluding hydrogens is 324 g/mol. The number of hydrogen-bond donors (Lipinski definition) is 1. The first-order chi connectivity index (χ1) is 10.2. The lowest BCUT2D eigenvalue weighted by Crippen LogP contribution is -2.16. The van der Waals surface area contributed by atoms with Crippen molar-refractivity contribution in [3.8, 4) is 0 Å². The normalized spacial score (nSPS) is 11.2. The first-order valence-corrected chi connectivity index (χ1v) is 7.95. The number of nitrogens with zero attached hydrogens (tertiary/aromatic N) is 1. The van der Waals surface area contributed by atoms with Crippen molar-refractivity contribution in [2.75, 3.05) is 0 Å². The molecule has 0 atom stereocenters. The van der Waals surface area contributed by atoms with E-state index in [0.717, 1.165) is 17.6 Å². The molecule has 2 nitrogen and oxygen atoms in total. The quantitative estimate of drug-likeness (QED) is 0.736. The summed E-state index contributed by atoms with van der Waals surface area (Å²) in [4.78, 5) is 0. The maximum atomic E-state index is 3.59. The van der Waals surface area contributed by atoms with Crippen LogP contribution in [0.3, 0.4) is 0 Å². The molecule has 3 heteroatoms. The van der Waals surface area contributed by atoms with Gasteiger partial charge >= 0.3 is 0 Å². The van der Waals surface area contributed by atoms with Gasteiger partial charge in [0.1, 0.15) is 0 Å². The van der Waals surface area contributed by atoms with Crippen LogP contribution in [0.2, 0.25) is 0 Å². The monoisotopic (exact) mass is 342 g/mol. The molecule has 2 aromatic carbocycles. The molecule has 1 aromatic heterocycles. The lowest BCUT2D eigenvalue weighted by atomic mass is 10.1. The summed E-state index contributed by atoms with van der Waals surface area (Å²) in [5.41, 5.74) is 5.30. The van der Waals surface area contributed by atoms with Gasteiger partial charge in [0.25, 0.3) is 0 Å². The van der Waals surface area contributed by atoms with Crippen molar-refractivity contribution in [2.24, 2.45) is 7.05 Å². The van der Waals surface area contributed by atoms with Gasteiger partial charge in [-0.3, -0.25) is 0 Å². The molecule has 3 aromatic rings. The van der Waals surface area contributed by atoms with Gasteiger partial charge in [0.05, 0.1) is 0 Å². The molecule has 21 heavy (non-hydrogen) atoms. The molecule has 0 unspecified atom stereocenters. The van der Waals surface area contributed by atoms with Gasteiger partial charge < -0.3 is 9.88 Å². The zero-order valence-electron chi connectivity index (χ0n) is 12.4. The Kier molecular flexibility index (Phi) is 4.13. The van der Waals surface area contributed by atoms with Crippen LogP contribution in [0.4, 0.5) is 0 Å². The average Bonchev–Trinajstić information content (AvgIpc) is 2.74. The van der Waals surface area contributed by atoms with Crippen molar-refractivity contribution in [3.05, 3.63) is 69.8 Å². The zero-order chi connectivity index (χ0) is 14.8. The van der Waals surface area contributed by atoms with Crippen LogP contribution >= 0.6 is 15.9 Å². The largest absolute Gasteiger partial charge is 0.346 e. The Bertz CT molecular complexity index is 735. The molecule has 0 spiro atoms. The summed E-state index contributed by atoms with van der Waals surface area (Å²) in [5, 5.41) is 4.90. The van der Waals surface area contributed by atoms with E-state index in [4.69, 9.17) is 0 Å². The fourth-order valence-corrected chi connectivity index (χ4v) is 3.27. The van der Waals surface area contributed by atoms with Crippen molar-refractivity contribution >= 4 is 26.8 Å². The predicted octanol–water partition coefficient (Wildman–Crippen LogP) is 4.54. The number of hydrogen-bond acceptors (Lipinski definition) is 1. The molecule has 0 aliphatic rings. The third kappa shape index (κ3) is 2.76. The SMILES string of the molecule is Cc1c(CNCc2ccccc2Br)n(C)c2ccccc12. The van der Waals surface area contributed by atoms with E-state index in [9.17, 15) is 0 Å². The maximum absolute atomic E-state index is 3.59. The Morgan fingerprint density at radius 2 is 1.71 bits per heavy atom. The highest BCUT2D eigenvalue weighted by atomic mass is 79.9. The second kappa shape index (κ2) is 6.04. The number of aryl methyl sites for hydroxylation is 2. The molecule has 0 aliphatic carbocycles. The van der Waals surface area contributed by atoms with Crippen molar-refractivity contribution in [1.29, 1.82) is 0 Å². The summed E-state index contributed by atoms with van der Waals surface area (Å²) in [5.74, 6) is 0. The highest BCUT2D eigenvalue weighted by Gasteiger charge is 2.10. The van der Waals surface area contributed by atoms with Gasteiger partial charge in [-0.2, -0.15) is 0 Å². The van der Waals surface area contributed by atoms with E-state index >= 15 is 0 Å². The van der Waals surface area contributed by atoms with Gasteiger partial charge in [0.2, 0.25) is 0 Å². The number of nitrogens with one attached hydrogen (secondary N) is 1. The topological polar surface area (TPSA) is 17.0 Å². The lowest BCUT2D eigenvalue weighted by molar-refractivity contribution is 0.655. The molecule has 0 fully saturated rings. The zero-order valence-corrected chi connectivity index (χ0v) is 13.9. The van der Waals surface area contributed by atoms with E-state index in [0.29, 0.717) is 0 Å². The fourth-order valence-electron chi connectivity index (χ4n) is 2.84. The molecule has 0 saturated carbocycles. The lowest BCUT2D eigenvalue weighted by Gasteiger charge is -2.09. The number of para-hydroxylation sites is 1.